The number of amides is 2. The highest BCUT2D eigenvalue weighted by Gasteiger charge is 2.29. The summed E-state index contributed by atoms with van der Waals surface area (Å²) in [6, 6.07) is 4.24. The van der Waals surface area contributed by atoms with Gasteiger partial charge in [0.1, 0.15) is 0 Å². The highest BCUT2D eigenvalue weighted by Crippen LogP contribution is 2.19. The molecule has 1 aromatic heterocycles. The summed E-state index contributed by atoms with van der Waals surface area (Å²) < 4.78 is 5.37. The van der Waals surface area contributed by atoms with Crippen molar-refractivity contribution in [2.75, 3.05) is 52.5 Å². The van der Waals surface area contributed by atoms with Crippen LogP contribution in [0.5, 0.6) is 0 Å². The van der Waals surface area contributed by atoms with Crippen molar-refractivity contribution < 1.29 is 14.3 Å². The molecule has 2 amide bonds. The third-order valence-corrected chi connectivity index (χ3v) is 6.40. The number of piperidine rings is 1. The van der Waals surface area contributed by atoms with E-state index in [1.807, 2.05) is 4.90 Å². The summed E-state index contributed by atoms with van der Waals surface area (Å²) in [5, 5.41) is 3.06. The van der Waals surface area contributed by atoms with E-state index in [0.717, 1.165) is 52.2 Å². The van der Waals surface area contributed by atoms with Crippen LogP contribution in [0, 0.1) is 12.8 Å². The lowest BCUT2D eigenvalue weighted by Gasteiger charge is -2.33. The molecule has 0 aliphatic carbocycles. The smallest absolute Gasteiger partial charge is 0.224 e. The first-order valence-electron chi connectivity index (χ1n) is 10.0. The molecule has 0 bridgehead atoms. The van der Waals surface area contributed by atoms with Gasteiger partial charge in [-0.2, -0.15) is 0 Å². The fourth-order valence-electron chi connectivity index (χ4n) is 3.73. The summed E-state index contributed by atoms with van der Waals surface area (Å²) in [5.74, 6) is 0.209. The number of likely N-dealkylation sites (tertiary alicyclic amines) is 1. The lowest BCUT2D eigenvalue weighted by molar-refractivity contribution is -0.138. The fourth-order valence-corrected chi connectivity index (χ4v) is 4.62. The predicted molar refractivity (Wildman–Crippen MR) is 107 cm³/mol. The van der Waals surface area contributed by atoms with E-state index in [2.05, 4.69) is 29.3 Å². The minimum absolute atomic E-state index is 0.0730. The Kier molecular flexibility index (Phi) is 7.67. The highest BCUT2D eigenvalue weighted by molar-refractivity contribution is 7.11. The average Bonchev–Trinajstić information content (AvgIpc) is 3.09. The molecule has 1 atom stereocenters. The van der Waals surface area contributed by atoms with Crippen molar-refractivity contribution in [3.63, 3.8) is 0 Å². The molecule has 2 aliphatic heterocycles. The van der Waals surface area contributed by atoms with Crippen molar-refractivity contribution >= 4 is 23.2 Å². The molecular formula is C20H31N3O3S. The maximum absolute atomic E-state index is 12.5. The van der Waals surface area contributed by atoms with Gasteiger partial charge in [-0.25, -0.2) is 0 Å². The van der Waals surface area contributed by atoms with E-state index in [4.69, 9.17) is 4.74 Å². The molecule has 3 rings (SSSR count). The molecule has 7 heteroatoms. The van der Waals surface area contributed by atoms with Gasteiger partial charge < -0.3 is 15.0 Å². The zero-order valence-corrected chi connectivity index (χ0v) is 17.1. The monoisotopic (exact) mass is 393 g/mol. The van der Waals surface area contributed by atoms with E-state index in [-0.39, 0.29) is 17.7 Å². The maximum atomic E-state index is 12.5. The van der Waals surface area contributed by atoms with Gasteiger partial charge in [-0.05, 0) is 38.3 Å². The van der Waals surface area contributed by atoms with Gasteiger partial charge in [-0.3, -0.25) is 14.5 Å². The van der Waals surface area contributed by atoms with Crippen molar-refractivity contribution in [3.05, 3.63) is 21.9 Å². The van der Waals surface area contributed by atoms with E-state index in [1.165, 1.54) is 9.75 Å². The molecule has 0 spiro atoms. The molecule has 150 valence electrons. The van der Waals surface area contributed by atoms with Gasteiger partial charge in [0.05, 0.1) is 19.1 Å². The molecule has 0 unspecified atom stereocenters. The first kappa shape index (κ1) is 20.3. The van der Waals surface area contributed by atoms with Crippen molar-refractivity contribution in [2.24, 2.45) is 5.92 Å². The molecule has 2 fully saturated rings. The van der Waals surface area contributed by atoms with Gasteiger partial charge in [-0.1, -0.05) is 0 Å². The Morgan fingerprint density at radius 1 is 1.30 bits per heavy atom. The number of ether oxygens (including phenoxy) is 1. The number of rotatable bonds is 8. The van der Waals surface area contributed by atoms with Crippen LogP contribution >= 0.6 is 11.3 Å². The van der Waals surface area contributed by atoms with E-state index >= 15 is 0 Å². The quantitative estimate of drug-likeness (QED) is 0.730. The Morgan fingerprint density at radius 3 is 2.85 bits per heavy atom. The lowest BCUT2D eigenvalue weighted by atomic mass is 9.96. The third-order valence-electron chi connectivity index (χ3n) is 5.34. The molecule has 3 heterocycles. The number of thiophene rings is 1. The topological polar surface area (TPSA) is 61.9 Å². The van der Waals surface area contributed by atoms with Gasteiger partial charge >= 0.3 is 0 Å². The van der Waals surface area contributed by atoms with Gasteiger partial charge in [0, 0.05) is 55.4 Å². The maximum Gasteiger partial charge on any atom is 0.224 e. The normalized spacial score (nSPS) is 21.4. The van der Waals surface area contributed by atoms with Crippen molar-refractivity contribution in [1.29, 1.82) is 0 Å². The fraction of sp³-hybridized carbons (Fsp3) is 0.700. The minimum Gasteiger partial charge on any atom is -0.379 e. The van der Waals surface area contributed by atoms with Crippen LogP contribution in [-0.4, -0.2) is 74.1 Å². The van der Waals surface area contributed by atoms with Crippen molar-refractivity contribution in [1.82, 2.24) is 15.1 Å². The second kappa shape index (κ2) is 10.2. The number of hydrogen-bond donors (Lipinski definition) is 1. The summed E-state index contributed by atoms with van der Waals surface area (Å²) >= 11 is 1.78. The van der Waals surface area contributed by atoms with Crippen LogP contribution in [0.25, 0.3) is 0 Å². The number of morpholine rings is 1. The molecular weight excluding hydrogens is 362 g/mol. The van der Waals surface area contributed by atoms with E-state index in [9.17, 15) is 9.59 Å². The summed E-state index contributed by atoms with van der Waals surface area (Å²) in [4.78, 5) is 31.6. The first-order valence-corrected chi connectivity index (χ1v) is 10.8. The van der Waals surface area contributed by atoms with Crippen molar-refractivity contribution in [3.8, 4) is 0 Å². The van der Waals surface area contributed by atoms with Crippen LogP contribution in [-0.2, 0) is 20.7 Å². The molecule has 0 aromatic carbocycles. The van der Waals surface area contributed by atoms with Crippen LogP contribution in [0.1, 0.15) is 29.0 Å². The number of nitrogens with zero attached hydrogens (tertiary/aromatic N) is 2. The zero-order chi connectivity index (χ0) is 19.1. The number of carbonyl (C=O) groups is 2. The average molecular weight is 394 g/mol. The van der Waals surface area contributed by atoms with E-state index < -0.39 is 0 Å². The summed E-state index contributed by atoms with van der Waals surface area (Å²) in [6.07, 6.45) is 2.99. The summed E-state index contributed by atoms with van der Waals surface area (Å²) in [6.45, 7) is 8.61. The highest BCUT2D eigenvalue weighted by atomic mass is 32.1. The minimum atomic E-state index is -0.0730. The predicted octanol–water partition coefficient (Wildman–Crippen LogP) is 1.68. The van der Waals surface area contributed by atoms with E-state index in [0.29, 0.717) is 25.9 Å². The molecule has 6 nitrogen and oxygen atoms in total. The van der Waals surface area contributed by atoms with Crippen LogP contribution in [0.2, 0.25) is 0 Å². The first-order chi connectivity index (χ1) is 13.1. The third kappa shape index (κ3) is 6.30. The number of aryl methyl sites for hydroxylation is 1. The second-order valence-corrected chi connectivity index (χ2v) is 8.81. The zero-order valence-electron chi connectivity index (χ0n) is 16.2. The summed E-state index contributed by atoms with van der Waals surface area (Å²) in [5.41, 5.74) is 0. The van der Waals surface area contributed by atoms with Gasteiger partial charge in [0.2, 0.25) is 11.8 Å². The lowest BCUT2D eigenvalue weighted by Crippen LogP contribution is -2.47. The van der Waals surface area contributed by atoms with Gasteiger partial charge in [0.15, 0.2) is 0 Å². The molecule has 0 radical (unpaired) electrons. The standard InChI is InChI=1S/C20H31N3O3S/c1-16-3-5-18(27-16)7-8-21-20(25)17-4-6-19(24)23(15-17)10-2-9-22-11-13-26-14-12-22/h3,5,17H,2,4,6-15H2,1H3,(H,21,25)/t17-/m1/s1. The Morgan fingerprint density at radius 2 is 2.11 bits per heavy atom. The van der Waals surface area contributed by atoms with Crippen LogP contribution in [0.15, 0.2) is 12.1 Å². The Bertz CT molecular complexity index is 628. The van der Waals surface area contributed by atoms with Crippen molar-refractivity contribution in [2.45, 2.75) is 32.6 Å². The van der Waals surface area contributed by atoms with Gasteiger partial charge in [-0.15, -0.1) is 11.3 Å². The largest absolute Gasteiger partial charge is 0.379 e. The Balaban J connectivity index is 1.37. The SMILES string of the molecule is Cc1ccc(CCNC(=O)[C@@H]2CCC(=O)N(CCCN3CCOCC3)C2)s1. The number of nitrogens with one attached hydrogen (secondary N) is 1. The van der Waals surface area contributed by atoms with Gasteiger partial charge in [0.25, 0.3) is 0 Å². The molecule has 1 aromatic rings. The van der Waals surface area contributed by atoms with Crippen LogP contribution in [0.4, 0.5) is 0 Å². The summed E-state index contributed by atoms with van der Waals surface area (Å²) in [7, 11) is 0. The number of hydrogen-bond acceptors (Lipinski definition) is 5. The Labute approximate surface area is 165 Å². The molecule has 2 aliphatic rings. The van der Waals surface area contributed by atoms with E-state index in [1.54, 1.807) is 11.3 Å². The van der Waals surface area contributed by atoms with Crippen LogP contribution in [0.3, 0.4) is 0 Å². The Hall–Kier alpha value is -1.44. The second-order valence-electron chi connectivity index (χ2n) is 7.44. The molecule has 1 N–H and O–H groups in total. The number of carbonyl (C=O) groups excluding carboxylic acids is 2. The molecule has 0 saturated carbocycles. The molecule has 27 heavy (non-hydrogen) atoms. The molecule has 2 saturated heterocycles. The van der Waals surface area contributed by atoms with Crippen LogP contribution < -0.4 is 5.32 Å².